The minimum absolute atomic E-state index is 0.0530. The summed E-state index contributed by atoms with van der Waals surface area (Å²) in [5, 5.41) is 0.494. The minimum Gasteiger partial charge on any atom is -0.271 e. The number of nitrogens with one attached hydrogen (secondary N) is 1. The Labute approximate surface area is 131 Å². The Morgan fingerprint density at radius 1 is 1.05 bits per heavy atom. The number of benzene rings is 2. The van der Waals surface area contributed by atoms with Crippen LogP contribution < -0.4 is 11.3 Å². The lowest BCUT2D eigenvalue weighted by molar-refractivity contribution is 0.494. The zero-order chi connectivity index (χ0) is 15.4. The second-order valence-corrected chi connectivity index (χ2v) is 5.56. The van der Waals surface area contributed by atoms with Gasteiger partial charge in [0.2, 0.25) is 0 Å². The molecule has 0 aliphatic rings. The van der Waals surface area contributed by atoms with E-state index in [1.807, 2.05) is 0 Å². The number of rotatable bonds is 5. The lowest BCUT2D eigenvalue weighted by Gasteiger charge is -2.17. The van der Waals surface area contributed by atoms with Crippen molar-refractivity contribution in [3.05, 3.63) is 69.2 Å². The highest BCUT2D eigenvalue weighted by molar-refractivity contribution is 6.31. The quantitative estimate of drug-likeness (QED) is 0.644. The van der Waals surface area contributed by atoms with Gasteiger partial charge in [-0.3, -0.25) is 11.3 Å². The van der Waals surface area contributed by atoms with Gasteiger partial charge >= 0.3 is 0 Å². The van der Waals surface area contributed by atoms with E-state index in [1.54, 1.807) is 12.1 Å². The number of halogens is 4. The standard InChI is InChI=1S/C15H14Cl2F2N2/c16-11-4-5-14(18)10(6-11)8-12(21-20)7-9-2-1-3-13(17)15(9)19/h1-6,12,21H,7-8,20H2. The van der Waals surface area contributed by atoms with Crippen molar-refractivity contribution < 1.29 is 8.78 Å². The van der Waals surface area contributed by atoms with Crippen molar-refractivity contribution in [3.8, 4) is 0 Å². The summed E-state index contributed by atoms with van der Waals surface area (Å²) in [5.41, 5.74) is 3.42. The van der Waals surface area contributed by atoms with Crippen LogP contribution >= 0.6 is 23.2 Å². The average Bonchev–Trinajstić information content (AvgIpc) is 2.46. The van der Waals surface area contributed by atoms with Crippen molar-refractivity contribution in [2.75, 3.05) is 0 Å². The molecule has 2 aromatic carbocycles. The van der Waals surface area contributed by atoms with E-state index in [2.05, 4.69) is 5.43 Å². The van der Waals surface area contributed by atoms with Gasteiger partial charge in [-0.25, -0.2) is 8.78 Å². The molecular formula is C15H14Cl2F2N2. The maximum absolute atomic E-state index is 13.9. The average molecular weight is 331 g/mol. The molecule has 0 amide bonds. The summed E-state index contributed by atoms with van der Waals surface area (Å²) >= 11 is 11.6. The molecule has 0 aliphatic heterocycles. The molecule has 2 rings (SSSR count). The molecule has 2 aromatic rings. The third-order valence-electron chi connectivity index (χ3n) is 3.21. The van der Waals surface area contributed by atoms with Crippen molar-refractivity contribution in [3.63, 3.8) is 0 Å². The van der Waals surface area contributed by atoms with Gasteiger partial charge < -0.3 is 0 Å². The predicted octanol–water partition coefficient (Wildman–Crippen LogP) is 3.89. The number of hydrazine groups is 1. The molecule has 0 saturated carbocycles. The molecule has 2 nitrogen and oxygen atoms in total. The molecule has 0 heterocycles. The zero-order valence-corrected chi connectivity index (χ0v) is 12.6. The first kappa shape index (κ1) is 16.2. The fourth-order valence-corrected chi connectivity index (χ4v) is 2.52. The lowest BCUT2D eigenvalue weighted by atomic mass is 9.99. The van der Waals surface area contributed by atoms with Gasteiger partial charge in [0.1, 0.15) is 11.6 Å². The van der Waals surface area contributed by atoms with E-state index in [1.165, 1.54) is 24.3 Å². The highest BCUT2D eigenvalue weighted by atomic mass is 35.5. The van der Waals surface area contributed by atoms with Gasteiger partial charge in [-0.1, -0.05) is 35.3 Å². The van der Waals surface area contributed by atoms with Crippen LogP contribution in [0.1, 0.15) is 11.1 Å². The predicted molar refractivity (Wildman–Crippen MR) is 81.3 cm³/mol. The topological polar surface area (TPSA) is 38.0 Å². The Balaban J connectivity index is 2.17. The molecule has 0 aromatic heterocycles. The zero-order valence-electron chi connectivity index (χ0n) is 11.0. The van der Waals surface area contributed by atoms with Gasteiger partial charge in [-0.2, -0.15) is 0 Å². The van der Waals surface area contributed by atoms with Crippen molar-refractivity contribution in [1.29, 1.82) is 0 Å². The molecule has 0 radical (unpaired) electrons. The van der Waals surface area contributed by atoms with Gasteiger partial charge in [-0.05, 0) is 48.2 Å². The monoisotopic (exact) mass is 330 g/mol. The van der Waals surface area contributed by atoms with Crippen LogP contribution in [0.5, 0.6) is 0 Å². The van der Waals surface area contributed by atoms with Gasteiger partial charge in [0.25, 0.3) is 0 Å². The summed E-state index contributed by atoms with van der Waals surface area (Å²) in [5.74, 6) is 4.63. The highest BCUT2D eigenvalue weighted by Gasteiger charge is 2.15. The third kappa shape index (κ3) is 4.14. The molecule has 6 heteroatoms. The SMILES string of the molecule is NNC(Cc1cc(Cl)ccc1F)Cc1cccc(Cl)c1F. The van der Waals surface area contributed by atoms with E-state index in [0.29, 0.717) is 16.1 Å². The molecule has 0 aliphatic carbocycles. The van der Waals surface area contributed by atoms with E-state index in [-0.39, 0.29) is 29.7 Å². The van der Waals surface area contributed by atoms with E-state index >= 15 is 0 Å². The lowest BCUT2D eigenvalue weighted by Crippen LogP contribution is -2.38. The van der Waals surface area contributed by atoms with Gasteiger partial charge in [0, 0.05) is 11.1 Å². The van der Waals surface area contributed by atoms with E-state index in [9.17, 15) is 8.78 Å². The Hall–Kier alpha value is -1.20. The molecule has 1 atom stereocenters. The molecule has 1 unspecified atom stereocenters. The molecule has 0 bridgehead atoms. The summed E-state index contributed by atoms with van der Waals surface area (Å²) in [6.07, 6.45) is 0.573. The number of nitrogens with two attached hydrogens (primary N) is 1. The largest absolute Gasteiger partial charge is 0.271 e. The van der Waals surface area contributed by atoms with Gasteiger partial charge in [-0.15, -0.1) is 0 Å². The van der Waals surface area contributed by atoms with Crippen LogP contribution in [0.3, 0.4) is 0 Å². The first-order valence-corrected chi connectivity index (χ1v) is 7.09. The maximum Gasteiger partial charge on any atom is 0.145 e. The first-order valence-electron chi connectivity index (χ1n) is 6.34. The Morgan fingerprint density at radius 2 is 1.76 bits per heavy atom. The summed E-state index contributed by atoms with van der Waals surface area (Å²) in [6.45, 7) is 0. The van der Waals surface area contributed by atoms with Crippen molar-refractivity contribution >= 4 is 23.2 Å². The fourth-order valence-electron chi connectivity index (χ4n) is 2.13. The normalized spacial score (nSPS) is 12.4. The molecule has 0 spiro atoms. The van der Waals surface area contributed by atoms with Crippen LogP contribution in [-0.2, 0) is 12.8 Å². The van der Waals surface area contributed by atoms with Crippen molar-refractivity contribution in [2.24, 2.45) is 5.84 Å². The van der Waals surface area contributed by atoms with Crippen LogP contribution in [0.25, 0.3) is 0 Å². The maximum atomic E-state index is 13.9. The van der Waals surface area contributed by atoms with Gasteiger partial charge in [0.05, 0.1) is 5.02 Å². The van der Waals surface area contributed by atoms with Crippen LogP contribution in [0, 0.1) is 11.6 Å². The van der Waals surface area contributed by atoms with Crippen LogP contribution in [0.4, 0.5) is 8.78 Å². The Bertz CT molecular complexity index is 631. The second-order valence-electron chi connectivity index (χ2n) is 4.72. The Kier molecular flexibility index (Phi) is 5.53. The molecule has 112 valence electrons. The molecule has 3 N–H and O–H groups in total. The van der Waals surface area contributed by atoms with Crippen LogP contribution in [0.2, 0.25) is 10.0 Å². The van der Waals surface area contributed by atoms with Crippen LogP contribution in [0.15, 0.2) is 36.4 Å². The summed E-state index contributed by atoms with van der Waals surface area (Å²) in [4.78, 5) is 0. The molecular weight excluding hydrogens is 317 g/mol. The van der Waals surface area contributed by atoms with E-state index in [4.69, 9.17) is 29.0 Å². The molecule has 21 heavy (non-hydrogen) atoms. The first-order chi connectivity index (χ1) is 10.0. The summed E-state index contributed by atoms with van der Waals surface area (Å²) < 4.78 is 27.6. The van der Waals surface area contributed by atoms with Crippen LogP contribution in [-0.4, -0.2) is 6.04 Å². The Morgan fingerprint density at radius 3 is 2.48 bits per heavy atom. The number of hydrogen-bond donors (Lipinski definition) is 2. The highest BCUT2D eigenvalue weighted by Crippen LogP contribution is 2.21. The minimum atomic E-state index is -0.481. The van der Waals surface area contributed by atoms with Gasteiger partial charge in [0.15, 0.2) is 0 Å². The summed E-state index contributed by atoms with van der Waals surface area (Å²) in [6, 6.07) is 8.73. The molecule has 0 saturated heterocycles. The van der Waals surface area contributed by atoms with Crippen molar-refractivity contribution in [1.82, 2.24) is 5.43 Å². The third-order valence-corrected chi connectivity index (χ3v) is 3.73. The molecule has 0 fully saturated rings. The second kappa shape index (κ2) is 7.18. The fraction of sp³-hybridized carbons (Fsp3) is 0.200. The van der Waals surface area contributed by atoms with E-state index < -0.39 is 5.82 Å². The smallest absolute Gasteiger partial charge is 0.145 e. The van der Waals surface area contributed by atoms with Crippen molar-refractivity contribution in [2.45, 2.75) is 18.9 Å². The van der Waals surface area contributed by atoms with E-state index in [0.717, 1.165) is 0 Å². The summed E-state index contributed by atoms with van der Waals surface area (Å²) in [7, 11) is 0. The number of hydrogen-bond acceptors (Lipinski definition) is 2.